The summed E-state index contributed by atoms with van der Waals surface area (Å²) in [6.07, 6.45) is 0.169. The van der Waals surface area contributed by atoms with Gasteiger partial charge in [-0.1, -0.05) is 51.1 Å². The van der Waals surface area contributed by atoms with Crippen LogP contribution in [0.2, 0.25) is 0 Å². The van der Waals surface area contributed by atoms with E-state index < -0.39 is 6.09 Å². The Kier molecular flexibility index (Phi) is 3.24. The second-order valence-corrected chi connectivity index (χ2v) is 7.30. The molecule has 0 bridgehead atoms. The largest absolute Gasteiger partial charge is 0.465 e. The van der Waals surface area contributed by atoms with E-state index in [4.69, 9.17) is 0 Å². The van der Waals surface area contributed by atoms with Crippen LogP contribution in [0.25, 0.3) is 0 Å². The molecular weight excluding hydrogens is 264 g/mol. The van der Waals surface area contributed by atoms with Gasteiger partial charge in [0, 0.05) is 25.7 Å². The topological polar surface area (TPSA) is 43.8 Å². The van der Waals surface area contributed by atoms with Crippen molar-refractivity contribution >= 4 is 6.09 Å². The number of rotatable bonds is 2. The zero-order valence-corrected chi connectivity index (χ0v) is 13.0. The van der Waals surface area contributed by atoms with Gasteiger partial charge in [-0.2, -0.15) is 0 Å². The van der Waals surface area contributed by atoms with Crippen molar-refractivity contribution in [3.05, 3.63) is 35.9 Å². The summed E-state index contributed by atoms with van der Waals surface area (Å²) in [5, 5.41) is 9.55. The average Bonchev–Trinajstić information content (AvgIpc) is 2.71. The van der Waals surface area contributed by atoms with Crippen molar-refractivity contribution in [2.45, 2.75) is 45.3 Å². The van der Waals surface area contributed by atoms with Crippen LogP contribution in [-0.4, -0.2) is 45.7 Å². The maximum absolute atomic E-state index is 11.6. The first-order valence-electron chi connectivity index (χ1n) is 7.65. The summed E-state index contributed by atoms with van der Waals surface area (Å²) in [6, 6.07) is 10.8. The van der Waals surface area contributed by atoms with E-state index in [-0.39, 0.29) is 11.0 Å². The quantitative estimate of drug-likeness (QED) is 0.909. The van der Waals surface area contributed by atoms with E-state index in [9.17, 15) is 9.90 Å². The van der Waals surface area contributed by atoms with Gasteiger partial charge in [0.2, 0.25) is 0 Å². The summed E-state index contributed by atoms with van der Waals surface area (Å²) in [4.78, 5) is 15.7. The number of carboxylic acid groups (broad SMARTS) is 1. The zero-order chi connectivity index (χ0) is 15.3. The Hall–Kier alpha value is -1.55. The van der Waals surface area contributed by atoms with E-state index in [2.05, 4.69) is 49.9 Å². The van der Waals surface area contributed by atoms with Crippen LogP contribution in [0, 0.1) is 5.41 Å². The first-order chi connectivity index (χ1) is 9.86. The van der Waals surface area contributed by atoms with E-state index in [0.29, 0.717) is 12.6 Å². The van der Waals surface area contributed by atoms with Gasteiger partial charge in [0.15, 0.2) is 0 Å². The third kappa shape index (κ3) is 2.04. The van der Waals surface area contributed by atoms with Gasteiger partial charge in [0.25, 0.3) is 0 Å². The SMILES string of the molecule is CC(C)(C)[C@@]12CN(Cc3ccccc3)[C@@H]1CCN2C(=O)O. The lowest BCUT2D eigenvalue weighted by atomic mass is 9.63. The van der Waals surface area contributed by atoms with Gasteiger partial charge in [-0.15, -0.1) is 0 Å². The van der Waals surface area contributed by atoms with Crippen LogP contribution in [0.3, 0.4) is 0 Å². The van der Waals surface area contributed by atoms with Crippen LogP contribution in [0.4, 0.5) is 4.79 Å². The number of hydrogen-bond acceptors (Lipinski definition) is 2. The maximum atomic E-state index is 11.6. The molecule has 2 aliphatic rings. The number of fused-ring (bicyclic) bond motifs is 1. The Bertz CT molecular complexity index is 537. The second kappa shape index (κ2) is 4.73. The van der Waals surface area contributed by atoms with Gasteiger partial charge >= 0.3 is 6.09 Å². The minimum atomic E-state index is -0.771. The molecule has 21 heavy (non-hydrogen) atoms. The first kappa shape index (κ1) is 14.4. The molecular formula is C17H24N2O2. The first-order valence-corrected chi connectivity index (χ1v) is 7.65. The summed E-state index contributed by atoms with van der Waals surface area (Å²) in [7, 11) is 0. The van der Waals surface area contributed by atoms with Gasteiger partial charge in [-0.25, -0.2) is 4.79 Å². The molecule has 0 saturated carbocycles. The Balaban J connectivity index is 1.82. The van der Waals surface area contributed by atoms with E-state index in [0.717, 1.165) is 19.5 Å². The number of benzene rings is 1. The number of nitrogens with zero attached hydrogens (tertiary/aromatic N) is 2. The fourth-order valence-corrected chi connectivity index (χ4v) is 4.24. The van der Waals surface area contributed by atoms with Gasteiger partial charge in [-0.3, -0.25) is 9.80 Å². The molecule has 0 unspecified atom stereocenters. The molecule has 0 spiro atoms. The minimum absolute atomic E-state index is 0.0419. The predicted octanol–water partition coefficient (Wildman–Crippen LogP) is 3.04. The van der Waals surface area contributed by atoms with Crippen molar-refractivity contribution in [1.82, 2.24) is 9.80 Å². The van der Waals surface area contributed by atoms with Crippen LogP contribution in [-0.2, 0) is 6.54 Å². The van der Waals surface area contributed by atoms with E-state index in [1.807, 2.05) is 6.07 Å². The van der Waals surface area contributed by atoms with Crippen LogP contribution in [0.5, 0.6) is 0 Å². The van der Waals surface area contributed by atoms with Crippen LogP contribution < -0.4 is 0 Å². The average molecular weight is 288 g/mol. The fraction of sp³-hybridized carbons (Fsp3) is 0.588. The van der Waals surface area contributed by atoms with Crippen molar-refractivity contribution in [3.8, 4) is 0 Å². The van der Waals surface area contributed by atoms with Gasteiger partial charge in [0.1, 0.15) is 0 Å². The second-order valence-electron chi connectivity index (χ2n) is 7.30. The van der Waals surface area contributed by atoms with Crippen molar-refractivity contribution in [2.24, 2.45) is 5.41 Å². The van der Waals surface area contributed by atoms with Crippen molar-refractivity contribution in [1.29, 1.82) is 0 Å². The number of amides is 1. The lowest BCUT2D eigenvalue weighted by Gasteiger charge is -2.62. The molecule has 0 aromatic heterocycles. The predicted molar refractivity (Wildman–Crippen MR) is 82.2 cm³/mol. The summed E-state index contributed by atoms with van der Waals surface area (Å²) in [5.74, 6) is 0. The molecule has 4 nitrogen and oxygen atoms in total. The Morgan fingerprint density at radius 1 is 1.33 bits per heavy atom. The molecule has 2 atom stereocenters. The number of carbonyl (C=O) groups is 1. The van der Waals surface area contributed by atoms with E-state index in [1.54, 1.807) is 4.90 Å². The molecule has 0 radical (unpaired) electrons. The molecule has 1 amide bonds. The maximum Gasteiger partial charge on any atom is 0.407 e. The third-order valence-corrected chi connectivity index (χ3v) is 5.30. The summed E-state index contributed by atoms with van der Waals surface area (Å²) < 4.78 is 0. The summed E-state index contributed by atoms with van der Waals surface area (Å²) >= 11 is 0. The summed E-state index contributed by atoms with van der Waals surface area (Å²) in [6.45, 7) is 8.91. The highest BCUT2D eigenvalue weighted by atomic mass is 16.4. The van der Waals surface area contributed by atoms with E-state index in [1.165, 1.54) is 5.56 Å². The zero-order valence-electron chi connectivity index (χ0n) is 13.0. The highest BCUT2D eigenvalue weighted by molar-refractivity contribution is 5.68. The molecule has 1 aromatic rings. The molecule has 2 aliphatic heterocycles. The number of hydrogen-bond donors (Lipinski definition) is 1. The molecule has 114 valence electrons. The standard InChI is InChI=1S/C17H24N2O2/c1-16(2,3)17-12-18(11-13-7-5-4-6-8-13)14(17)9-10-19(17)15(20)21/h4-8,14H,9-12H2,1-3H3,(H,20,21)/t14-,17-/m1/s1. The molecule has 4 heteroatoms. The fourth-order valence-electron chi connectivity index (χ4n) is 4.24. The van der Waals surface area contributed by atoms with E-state index >= 15 is 0 Å². The molecule has 1 aromatic carbocycles. The van der Waals surface area contributed by atoms with Crippen molar-refractivity contribution < 1.29 is 9.90 Å². The Morgan fingerprint density at radius 3 is 2.57 bits per heavy atom. The van der Waals surface area contributed by atoms with Crippen LogP contribution in [0.1, 0.15) is 32.8 Å². The molecule has 1 N–H and O–H groups in total. The van der Waals surface area contributed by atoms with Crippen LogP contribution >= 0.6 is 0 Å². The van der Waals surface area contributed by atoms with Crippen LogP contribution in [0.15, 0.2) is 30.3 Å². The van der Waals surface area contributed by atoms with Crippen molar-refractivity contribution in [2.75, 3.05) is 13.1 Å². The monoisotopic (exact) mass is 288 g/mol. The molecule has 2 saturated heterocycles. The molecule has 2 heterocycles. The smallest absolute Gasteiger partial charge is 0.407 e. The molecule has 0 aliphatic carbocycles. The normalized spacial score (nSPS) is 29.1. The van der Waals surface area contributed by atoms with Gasteiger partial charge in [-0.05, 0) is 17.4 Å². The van der Waals surface area contributed by atoms with Gasteiger partial charge < -0.3 is 5.11 Å². The number of likely N-dealkylation sites (tertiary alicyclic amines) is 2. The summed E-state index contributed by atoms with van der Waals surface area (Å²) in [5.41, 5.74) is 1.03. The Labute approximate surface area is 126 Å². The Morgan fingerprint density at radius 2 is 2.00 bits per heavy atom. The minimum Gasteiger partial charge on any atom is -0.465 e. The highest BCUT2D eigenvalue weighted by Crippen LogP contribution is 2.52. The highest BCUT2D eigenvalue weighted by Gasteiger charge is 2.66. The lowest BCUT2D eigenvalue weighted by molar-refractivity contribution is -0.121. The third-order valence-electron chi connectivity index (χ3n) is 5.30. The molecule has 2 fully saturated rings. The molecule has 3 rings (SSSR count). The van der Waals surface area contributed by atoms with Gasteiger partial charge in [0.05, 0.1) is 5.54 Å². The lowest BCUT2D eigenvalue weighted by Crippen LogP contribution is -2.77. The van der Waals surface area contributed by atoms with Crippen molar-refractivity contribution in [3.63, 3.8) is 0 Å².